The quantitative estimate of drug-likeness (QED) is 0.228. The molecule has 120 valence electrons. The maximum absolute atomic E-state index is 10.3. The summed E-state index contributed by atoms with van der Waals surface area (Å²) in [6.07, 6.45) is 11.3. The van der Waals surface area contributed by atoms with Crippen molar-refractivity contribution in [1.29, 1.82) is 0 Å². The van der Waals surface area contributed by atoms with Gasteiger partial charge in [0.1, 0.15) is 0 Å². The first-order chi connectivity index (χ1) is 9.77. The molecule has 0 aliphatic heterocycles. The Kier molecular flexibility index (Phi) is 15.7. The standard InChI is InChI=1S/C13H27NO6/c15-13(16)11-9-7-5-3-1-2-4-6-8-10-12-18-20-14-19-17/h14,17H,1-12H2,(H,15,16). The molecule has 3 N–H and O–H groups in total. The maximum Gasteiger partial charge on any atom is 0.303 e. The first-order valence-corrected chi connectivity index (χ1v) is 7.33. The molecule has 0 saturated carbocycles. The van der Waals surface area contributed by atoms with Crippen LogP contribution in [-0.2, 0) is 19.7 Å². The lowest BCUT2D eigenvalue weighted by molar-refractivity contribution is -0.472. The number of hydrogen-bond acceptors (Lipinski definition) is 6. The first kappa shape index (κ1) is 19.3. The van der Waals surface area contributed by atoms with Crippen molar-refractivity contribution in [3.05, 3.63) is 0 Å². The fraction of sp³-hybridized carbons (Fsp3) is 0.923. The summed E-state index contributed by atoms with van der Waals surface area (Å²) in [6.45, 7) is 0.458. The van der Waals surface area contributed by atoms with Crippen LogP contribution in [0.15, 0.2) is 0 Å². The zero-order valence-electron chi connectivity index (χ0n) is 12.0. The first-order valence-electron chi connectivity index (χ1n) is 7.33. The predicted molar refractivity (Wildman–Crippen MR) is 72.3 cm³/mol. The molecule has 0 bridgehead atoms. The Morgan fingerprint density at radius 3 is 1.85 bits per heavy atom. The second kappa shape index (κ2) is 16.3. The van der Waals surface area contributed by atoms with E-state index in [1.54, 1.807) is 5.64 Å². The van der Waals surface area contributed by atoms with E-state index in [1.165, 1.54) is 32.1 Å². The van der Waals surface area contributed by atoms with E-state index in [2.05, 4.69) is 14.9 Å². The molecule has 0 aliphatic carbocycles. The van der Waals surface area contributed by atoms with Crippen LogP contribution in [0.5, 0.6) is 0 Å². The molecule has 0 rings (SSSR count). The average Bonchev–Trinajstić information content (AvgIpc) is 2.43. The second-order valence-corrected chi connectivity index (χ2v) is 4.76. The van der Waals surface area contributed by atoms with Crippen molar-refractivity contribution in [3.8, 4) is 0 Å². The van der Waals surface area contributed by atoms with E-state index in [1.807, 2.05) is 0 Å². The van der Waals surface area contributed by atoms with E-state index in [0.717, 1.165) is 32.1 Å². The Bertz CT molecular complexity index is 215. The SMILES string of the molecule is O=C(O)CCCCCCCCCCCCOONOO. The van der Waals surface area contributed by atoms with Gasteiger partial charge in [-0.05, 0) is 18.5 Å². The van der Waals surface area contributed by atoms with Crippen LogP contribution in [0.2, 0.25) is 0 Å². The summed E-state index contributed by atoms with van der Waals surface area (Å²) in [5.41, 5.74) is 1.69. The van der Waals surface area contributed by atoms with Crippen molar-refractivity contribution < 1.29 is 30.0 Å². The summed E-state index contributed by atoms with van der Waals surface area (Å²) in [5, 5.41) is 16.3. The maximum atomic E-state index is 10.3. The molecular formula is C13H27NO6. The van der Waals surface area contributed by atoms with Crippen molar-refractivity contribution in [2.45, 2.75) is 70.6 Å². The number of aliphatic carboxylic acids is 1. The fourth-order valence-corrected chi connectivity index (χ4v) is 1.93. The minimum Gasteiger partial charge on any atom is -0.481 e. The normalized spacial score (nSPS) is 10.8. The third kappa shape index (κ3) is 17.3. The van der Waals surface area contributed by atoms with E-state index >= 15 is 0 Å². The van der Waals surface area contributed by atoms with Crippen LogP contribution in [0.25, 0.3) is 0 Å². The van der Waals surface area contributed by atoms with Gasteiger partial charge in [-0.25, -0.2) is 10.1 Å². The molecule has 0 aromatic heterocycles. The highest BCUT2D eigenvalue weighted by Crippen LogP contribution is 2.11. The van der Waals surface area contributed by atoms with Crippen LogP contribution in [0.1, 0.15) is 70.6 Å². The Morgan fingerprint density at radius 1 is 0.850 bits per heavy atom. The molecule has 0 unspecified atom stereocenters. The molecule has 0 aromatic rings. The molecule has 0 aromatic carbocycles. The number of hydrogen-bond donors (Lipinski definition) is 3. The number of carboxylic acids is 1. The van der Waals surface area contributed by atoms with E-state index in [9.17, 15) is 4.79 Å². The lowest BCUT2D eigenvalue weighted by atomic mass is 10.1. The number of unbranched alkanes of at least 4 members (excludes halogenated alkanes) is 9. The number of nitrogens with one attached hydrogen (secondary N) is 1. The summed E-state index contributed by atoms with van der Waals surface area (Å²) < 4.78 is 0. The summed E-state index contributed by atoms with van der Waals surface area (Å²) in [6, 6.07) is 0. The number of carboxylic acid groups (broad SMARTS) is 1. The molecule has 7 nitrogen and oxygen atoms in total. The molecule has 0 amide bonds. The topological polar surface area (TPSA) is 97.3 Å². The summed E-state index contributed by atoms with van der Waals surface area (Å²) in [7, 11) is 0. The van der Waals surface area contributed by atoms with Crippen LogP contribution in [0.4, 0.5) is 0 Å². The van der Waals surface area contributed by atoms with Gasteiger partial charge in [0.15, 0.2) is 0 Å². The van der Waals surface area contributed by atoms with E-state index < -0.39 is 5.97 Å². The van der Waals surface area contributed by atoms with Crippen molar-refractivity contribution in [2.24, 2.45) is 0 Å². The molecule has 0 heterocycles. The van der Waals surface area contributed by atoms with Crippen LogP contribution in [0, 0.1) is 0 Å². The number of rotatable bonds is 16. The molecule has 20 heavy (non-hydrogen) atoms. The Labute approximate surface area is 120 Å². The van der Waals surface area contributed by atoms with E-state index in [0.29, 0.717) is 13.0 Å². The lowest BCUT2D eigenvalue weighted by Crippen LogP contribution is -2.13. The molecule has 0 radical (unpaired) electrons. The Hall–Kier alpha value is -0.730. The van der Waals surface area contributed by atoms with Gasteiger partial charge in [0.25, 0.3) is 0 Å². The average molecular weight is 293 g/mol. The van der Waals surface area contributed by atoms with Crippen molar-refractivity contribution >= 4 is 5.97 Å². The Morgan fingerprint density at radius 2 is 1.35 bits per heavy atom. The van der Waals surface area contributed by atoms with Crippen molar-refractivity contribution in [1.82, 2.24) is 5.64 Å². The molecule has 0 fully saturated rings. The third-order valence-electron chi connectivity index (χ3n) is 3.00. The summed E-state index contributed by atoms with van der Waals surface area (Å²) in [5.74, 6) is -0.695. The highest BCUT2D eigenvalue weighted by Gasteiger charge is 1.97. The molecule has 0 spiro atoms. The summed E-state index contributed by atoms with van der Waals surface area (Å²) >= 11 is 0. The van der Waals surface area contributed by atoms with Crippen LogP contribution < -0.4 is 5.64 Å². The monoisotopic (exact) mass is 293 g/mol. The van der Waals surface area contributed by atoms with Crippen molar-refractivity contribution in [3.63, 3.8) is 0 Å². The van der Waals surface area contributed by atoms with Crippen LogP contribution in [-0.4, -0.2) is 22.9 Å². The smallest absolute Gasteiger partial charge is 0.303 e. The highest BCUT2D eigenvalue weighted by molar-refractivity contribution is 5.66. The third-order valence-corrected chi connectivity index (χ3v) is 3.00. The summed E-state index contributed by atoms with van der Waals surface area (Å²) in [4.78, 5) is 22.6. The van der Waals surface area contributed by atoms with Gasteiger partial charge in [-0.15, -0.1) is 9.98 Å². The lowest BCUT2D eigenvalue weighted by Gasteiger charge is -2.03. The van der Waals surface area contributed by atoms with Crippen molar-refractivity contribution in [2.75, 3.05) is 6.61 Å². The van der Waals surface area contributed by atoms with E-state index in [4.69, 9.17) is 10.4 Å². The van der Waals surface area contributed by atoms with Gasteiger partial charge in [-0.2, -0.15) is 0 Å². The van der Waals surface area contributed by atoms with Gasteiger partial charge in [0, 0.05) is 6.42 Å². The molecule has 7 heteroatoms. The van der Waals surface area contributed by atoms with Crippen LogP contribution >= 0.6 is 0 Å². The zero-order valence-corrected chi connectivity index (χ0v) is 12.0. The molecular weight excluding hydrogens is 266 g/mol. The predicted octanol–water partition coefficient (Wildman–Crippen LogP) is 3.22. The van der Waals surface area contributed by atoms with Gasteiger partial charge < -0.3 is 5.11 Å². The largest absolute Gasteiger partial charge is 0.481 e. The zero-order chi connectivity index (χ0) is 14.9. The van der Waals surface area contributed by atoms with Gasteiger partial charge >= 0.3 is 5.97 Å². The minimum atomic E-state index is -0.695. The van der Waals surface area contributed by atoms with Gasteiger partial charge in [0.05, 0.1) is 6.61 Å². The fourth-order valence-electron chi connectivity index (χ4n) is 1.93. The molecule has 0 saturated heterocycles. The number of carbonyl (C=O) groups is 1. The Balaban J connectivity index is 2.94. The molecule has 0 aliphatic rings. The highest BCUT2D eigenvalue weighted by atomic mass is 17.4. The van der Waals surface area contributed by atoms with Gasteiger partial charge in [-0.1, -0.05) is 51.4 Å². The minimum absolute atomic E-state index is 0.297. The van der Waals surface area contributed by atoms with E-state index in [-0.39, 0.29) is 0 Å². The van der Waals surface area contributed by atoms with Gasteiger partial charge in [-0.3, -0.25) is 4.79 Å². The second-order valence-electron chi connectivity index (χ2n) is 4.76. The molecule has 0 atom stereocenters. The van der Waals surface area contributed by atoms with Gasteiger partial charge in [0.2, 0.25) is 0 Å². The van der Waals surface area contributed by atoms with Crippen LogP contribution in [0.3, 0.4) is 0 Å².